The van der Waals surface area contributed by atoms with Crippen LogP contribution in [0.4, 0.5) is 0 Å². The summed E-state index contributed by atoms with van der Waals surface area (Å²) >= 11 is 0. The smallest absolute Gasteiger partial charge is 0.336 e. The molecular weight excluding hydrogens is 272 g/mol. The molecule has 0 saturated carbocycles. The van der Waals surface area contributed by atoms with Gasteiger partial charge in [0.25, 0.3) is 5.89 Å². The van der Waals surface area contributed by atoms with E-state index < -0.39 is 5.97 Å². The molecule has 0 aliphatic carbocycles. The van der Waals surface area contributed by atoms with Gasteiger partial charge < -0.3 is 14.3 Å². The van der Waals surface area contributed by atoms with Crippen molar-refractivity contribution in [3.05, 3.63) is 41.1 Å². The fourth-order valence-corrected chi connectivity index (χ4v) is 1.76. The van der Waals surface area contributed by atoms with E-state index in [9.17, 15) is 4.79 Å². The van der Waals surface area contributed by atoms with Gasteiger partial charge in [-0.2, -0.15) is 0 Å². The highest BCUT2D eigenvalue weighted by Gasteiger charge is 2.21. The van der Waals surface area contributed by atoms with Crippen LogP contribution in [0, 0.1) is 6.92 Å². The van der Waals surface area contributed by atoms with Gasteiger partial charge in [0.1, 0.15) is 5.75 Å². The minimum Gasteiger partial charge on any atom is -0.484 e. The molecular formula is C15H18N2O4. The lowest BCUT2D eigenvalue weighted by Gasteiger charge is -2.11. The zero-order valence-corrected chi connectivity index (χ0v) is 12.5. The number of nitrogens with zero attached hydrogens (tertiary/aromatic N) is 2. The average molecular weight is 290 g/mol. The molecule has 112 valence electrons. The van der Waals surface area contributed by atoms with E-state index >= 15 is 0 Å². The molecule has 0 aliphatic heterocycles. The average Bonchev–Trinajstić information content (AvgIpc) is 2.86. The second kappa shape index (κ2) is 5.55. The summed E-state index contributed by atoms with van der Waals surface area (Å²) in [6, 6.07) is 4.89. The normalized spacial score (nSPS) is 11.4. The molecule has 1 heterocycles. The van der Waals surface area contributed by atoms with E-state index in [0.717, 1.165) is 0 Å². The largest absolute Gasteiger partial charge is 0.484 e. The monoisotopic (exact) mass is 290 g/mol. The lowest BCUT2D eigenvalue weighted by Crippen LogP contribution is -2.11. The van der Waals surface area contributed by atoms with Gasteiger partial charge in [-0.3, -0.25) is 0 Å². The molecule has 0 unspecified atom stereocenters. The van der Waals surface area contributed by atoms with Crippen molar-refractivity contribution in [2.75, 3.05) is 0 Å². The van der Waals surface area contributed by atoms with Gasteiger partial charge in [0.2, 0.25) is 5.89 Å². The van der Waals surface area contributed by atoms with Crippen molar-refractivity contribution in [1.82, 2.24) is 10.2 Å². The van der Waals surface area contributed by atoms with Crippen molar-refractivity contribution in [3.8, 4) is 5.75 Å². The Kier molecular flexibility index (Phi) is 3.97. The number of ether oxygens (including phenoxy) is 1. The fraction of sp³-hybridized carbons (Fsp3) is 0.400. The van der Waals surface area contributed by atoms with Crippen molar-refractivity contribution in [2.45, 2.75) is 39.7 Å². The fourth-order valence-electron chi connectivity index (χ4n) is 1.76. The SMILES string of the molecule is Cc1c(OCc2nnc(C(C)(C)C)o2)cccc1C(=O)O. The molecule has 0 amide bonds. The zero-order chi connectivity index (χ0) is 15.6. The molecule has 0 saturated heterocycles. The number of carboxylic acid groups (broad SMARTS) is 1. The van der Waals surface area contributed by atoms with Crippen molar-refractivity contribution in [2.24, 2.45) is 0 Å². The Morgan fingerprint density at radius 1 is 1.33 bits per heavy atom. The van der Waals surface area contributed by atoms with Gasteiger partial charge in [-0.1, -0.05) is 26.8 Å². The van der Waals surface area contributed by atoms with Crippen LogP contribution in [-0.4, -0.2) is 21.3 Å². The van der Waals surface area contributed by atoms with Gasteiger partial charge in [0.05, 0.1) is 5.56 Å². The van der Waals surface area contributed by atoms with Crippen LogP contribution in [0.15, 0.2) is 22.6 Å². The van der Waals surface area contributed by atoms with E-state index in [-0.39, 0.29) is 17.6 Å². The summed E-state index contributed by atoms with van der Waals surface area (Å²) in [7, 11) is 0. The molecule has 21 heavy (non-hydrogen) atoms. The third-order valence-electron chi connectivity index (χ3n) is 2.97. The van der Waals surface area contributed by atoms with Crippen LogP contribution >= 0.6 is 0 Å². The first-order valence-corrected chi connectivity index (χ1v) is 6.57. The van der Waals surface area contributed by atoms with Crippen LogP contribution in [0.25, 0.3) is 0 Å². The molecule has 0 aliphatic rings. The highest BCUT2D eigenvalue weighted by atomic mass is 16.5. The lowest BCUT2D eigenvalue weighted by molar-refractivity contribution is 0.0695. The molecule has 1 aromatic carbocycles. The van der Waals surface area contributed by atoms with Crippen LogP contribution in [0.5, 0.6) is 5.75 Å². The minimum atomic E-state index is -0.981. The summed E-state index contributed by atoms with van der Waals surface area (Å²) in [6.07, 6.45) is 0. The van der Waals surface area contributed by atoms with Crippen LogP contribution in [0.1, 0.15) is 48.5 Å². The van der Waals surface area contributed by atoms with Crippen LogP contribution in [0.3, 0.4) is 0 Å². The molecule has 2 rings (SSSR count). The van der Waals surface area contributed by atoms with Crippen molar-refractivity contribution in [3.63, 3.8) is 0 Å². The molecule has 2 aromatic rings. The number of carbonyl (C=O) groups is 1. The Morgan fingerprint density at radius 2 is 2.05 bits per heavy atom. The molecule has 0 fully saturated rings. The molecule has 0 spiro atoms. The van der Waals surface area contributed by atoms with E-state index in [1.54, 1.807) is 19.1 Å². The summed E-state index contributed by atoms with van der Waals surface area (Å²) in [5, 5.41) is 17.0. The van der Waals surface area contributed by atoms with Crippen molar-refractivity contribution >= 4 is 5.97 Å². The highest BCUT2D eigenvalue weighted by Crippen LogP contribution is 2.24. The number of hydrogen-bond donors (Lipinski definition) is 1. The maximum absolute atomic E-state index is 11.1. The summed E-state index contributed by atoms with van der Waals surface area (Å²) in [5.74, 6) is 0.410. The van der Waals surface area contributed by atoms with Crippen molar-refractivity contribution < 1.29 is 19.1 Å². The Morgan fingerprint density at radius 3 is 2.62 bits per heavy atom. The highest BCUT2D eigenvalue weighted by molar-refractivity contribution is 5.90. The number of rotatable bonds is 4. The Bertz CT molecular complexity index is 656. The maximum atomic E-state index is 11.1. The molecule has 0 atom stereocenters. The topological polar surface area (TPSA) is 85.5 Å². The van der Waals surface area contributed by atoms with Crippen LogP contribution in [0.2, 0.25) is 0 Å². The van der Waals surface area contributed by atoms with Gasteiger partial charge in [0.15, 0.2) is 6.61 Å². The quantitative estimate of drug-likeness (QED) is 0.931. The van der Waals surface area contributed by atoms with Crippen molar-refractivity contribution in [1.29, 1.82) is 0 Å². The second-order valence-electron chi connectivity index (χ2n) is 5.77. The number of aromatic nitrogens is 2. The van der Waals surface area contributed by atoms with Gasteiger partial charge in [0, 0.05) is 11.0 Å². The van der Waals surface area contributed by atoms with E-state index in [2.05, 4.69) is 10.2 Å². The second-order valence-corrected chi connectivity index (χ2v) is 5.77. The number of benzene rings is 1. The first-order chi connectivity index (χ1) is 9.79. The molecule has 0 bridgehead atoms. The summed E-state index contributed by atoms with van der Waals surface area (Å²) < 4.78 is 11.1. The van der Waals surface area contributed by atoms with E-state index in [4.69, 9.17) is 14.3 Å². The van der Waals surface area contributed by atoms with Crippen LogP contribution in [-0.2, 0) is 12.0 Å². The Balaban J connectivity index is 2.12. The third kappa shape index (κ3) is 3.39. The lowest BCUT2D eigenvalue weighted by atomic mass is 9.97. The number of aromatic carboxylic acids is 1. The van der Waals surface area contributed by atoms with Gasteiger partial charge in [-0.15, -0.1) is 10.2 Å². The van der Waals surface area contributed by atoms with Gasteiger partial charge >= 0.3 is 5.97 Å². The van der Waals surface area contributed by atoms with E-state index in [0.29, 0.717) is 23.1 Å². The maximum Gasteiger partial charge on any atom is 0.336 e. The standard InChI is InChI=1S/C15H18N2O4/c1-9-10(13(18)19)6-5-7-11(9)20-8-12-16-17-14(21-12)15(2,3)4/h5-7H,8H2,1-4H3,(H,18,19). The van der Waals surface area contributed by atoms with E-state index in [1.807, 2.05) is 20.8 Å². The van der Waals surface area contributed by atoms with E-state index in [1.165, 1.54) is 6.07 Å². The number of hydrogen-bond acceptors (Lipinski definition) is 5. The summed E-state index contributed by atoms with van der Waals surface area (Å²) in [5.41, 5.74) is 0.568. The predicted octanol–water partition coefficient (Wildman–Crippen LogP) is 2.95. The molecule has 6 nitrogen and oxygen atoms in total. The van der Waals surface area contributed by atoms with Crippen LogP contribution < -0.4 is 4.74 Å². The Labute approximate surface area is 122 Å². The Hall–Kier alpha value is -2.37. The molecule has 6 heteroatoms. The first-order valence-electron chi connectivity index (χ1n) is 6.57. The molecule has 1 N–H and O–H groups in total. The van der Waals surface area contributed by atoms with Gasteiger partial charge in [-0.25, -0.2) is 4.79 Å². The predicted molar refractivity (Wildman–Crippen MR) is 75.5 cm³/mol. The summed E-state index contributed by atoms with van der Waals surface area (Å²) in [6.45, 7) is 7.74. The van der Waals surface area contributed by atoms with Gasteiger partial charge in [-0.05, 0) is 19.1 Å². The zero-order valence-electron chi connectivity index (χ0n) is 12.5. The number of carboxylic acids is 1. The molecule has 0 radical (unpaired) electrons. The summed E-state index contributed by atoms with van der Waals surface area (Å²) in [4.78, 5) is 11.1. The molecule has 1 aromatic heterocycles. The third-order valence-corrected chi connectivity index (χ3v) is 2.97. The first kappa shape index (κ1) is 15.0. The minimum absolute atomic E-state index is 0.104.